The van der Waals surface area contributed by atoms with Crippen LogP contribution in [0.5, 0.6) is 23.0 Å². The van der Waals surface area contributed by atoms with Crippen LogP contribution >= 0.6 is 0 Å². The summed E-state index contributed by atoms with van der Waals surface area (Å²) in [4.78, 5) is 26.6. The summed E-state index contributed by atoms with van der Waals surface area (Å²) in [6.07, 6.45) is -1.76. The molecule has 0 saturated carbocycles. The van der Waals surface area contributed by atoms with Crippen molar-refractivity contribution in [2.45, 2.75) is 13.8 Å². The standard InChI is InChI=1S/C38H26O6/c1-23-21-24(2)34-31(22-23)35(43-37(39)41-32-19-9-13-25-11-3-5-15-27(25)32)29-17-7-8-18-30(29)36(34)44-38(40)42-33-20-10-14-26-12-4-6-16-28(26)33/h3-22H,1-2H3. The zero-order chi connectivity index (χ0) is 30.2. The smallest absolute Gasteiger partial charge is 0.394 e. The van der Waals surface area contributed by atoms with Crippen LogP contribution in [0.1, 0.15) is 11.1 Å². The van der Waals surface area contributed by atoms with Crippen LogP contribution in [0.15, 0.2) is 121 Å². The minimum Gasteiger partial charge on any atom is -0.394 e. The van der Waals surface area contributed by atoms with Gasteiger partial charge in [-0.15, -0.1) is 0 Å². The van der Waals surface area contributed by atoms with E-state index in [2.05, 4.69) is 0 Å². The third-order valence-corrected chi connectivity index (χ3v) is 7.62. The monoisotopic (exact) mass is 578 g/mol. The number of aryl methyl sites for hydroxylation is 2. The molecule has 0 heterocycles. The van der Waals surface area contributed by atoms with E-state index in [1.165, 1.54) is 0 Å². The molecule has 0 aromatic heterocycles. The van der Waals surface area contributed by atoms with Crippen molar-refractivity contribution in [3.63, 3.8) is 0 Å². The average molecular weight is 579 g/mol. The second kappa shape index (κ2) is 11.1. The first kappa shape index (κ1) is 27.0. The summed E-state index contributed by atoms with van der Waals surface area (Å²) in [6, 6.07) is 37.5. The van der Waals surface area contributed by atoms with Gasteiger partial charge in [0.05, 0.1) is 0 Å². The van der Waals surface area contributed by atoms with Gasteiger partial charge in [-0.25, -0.2) is 9.59 Å². The van der Waals surface area contributed by atoms with Gasteiger partial charge in [-0.3, -0.25) is 0 Å². The maximum absolute atomic E-state index is 13.3. The molecule has 0 N–H and O–H groups in total. The lowest BCUT2D eigenvalue weighted by molar-refractivity contribution is 0.151. The Hall–Kier alpha value is -5.88. The predicted octanol–water partition coefficient (Wildman–Crippen LogP) is 10.1. The third kappa shape index (κ3) is 4.92. The molecular weight excluding hydrogens is 552 g/mol. The molecule has 0 amide bonds. The van der Waals surface area contributed by atoms with Crippen molar-refractivity contribution in [1.29, 1.82) is 0 Å². The highest BCUT2D eigenvalue weighted by atomic mass is 16.7. The number of rotatable bonds is 4. The molecule has 0 aliphatic rings. The quantitative estimate of drug-likeness (QED) is 0.118. The van der Waals surface area contributed by atoms with Gasteiger partial charge < -0.3 is 18.9 Å². The summed E-state index contributed by atoms with van der Waals surface area (Å²) in [5, 5.41) is 5.85. The van der Waals surface area contributed by atoms with Crippen LogP contribution in [0.2, 0.25) is 0 Å². The van der Waals surface area contributed by atoms with Gasteiger partial charge in [-0.05, 0) is 48.4 Å². The van der Waals surface area contributed by atoms with Crippen LogP contribution in [-0.4, -0.2) is 12.3 Å². The van der Waals surface area contributed by atoms with Crippen molar-refractivity contribution in [1.82, 2.24) is 0 Å². The number of benzene rings is 7. The minimum atomic E-state index is -0.879. The molecule has 0 aliphatic heterocycles. The molecule has 44 heavy (non-hydrogen) atoms. The summed E-state index contributed by atoms with van der Waals surface area (Å²) >= 11 is 0. The summed E-state index contributed by atoms with van der Waals surface area (Å²) < 4.78 is 23.4. The Morgan fingerprint density at radius 3 is 1.48 bits per heavy atom. The molecule has 214 valence electrons. The van der Waals surface area contributed by atoms with Crippen molar-refractivity contribution in [3.05, 3.63) is 132 Å². The number of carbonyl (C=O) groups is 2. The molecule has 0 spiro atoms. The minimum absolute atomic E-state index is 0.308. The lowest BCUT2D eigenvalue weighted by Gasteiger charge is -2.18. The van der Waals surface area contributed by atoms with E-state index < -0.39 is 12.3 Å². The van der Waals surface area contributed by atoms with Crippen molar-refractivity contribution >= 4 is 55.4 Å². The van der Waals surface area contributed by atoms with E-state index in [0.29, 0.717) is 44.5 Å². The molecule has 0 saturated heterocycles. The van der Waals surface area contributed by atoms with Crippen molar-refractivity contribution in [3.8, 4) is 23.0 Å². The number of ether oxygens (including phenoxy) is 4. The summed E-state index contributed by atoms with van der Waals surface area (Å²) in [5.41, 5.74) is 1.79. The zero-order valence-electron chi connectivity index (χ0n) is 24.0. The fraction of sp³-hybridized carbons (Fsp3) is 0.0526. The van der Waals surface area contributed by atoms with Gasteiger partial charge in [0, 0.05) is 32.3 Å². The van der Waals surface area contributed by atoms with E-state index in [-0.39, 0.29) is 0 Å². The normalized spacial score (nSPS) is 11.1. The Labute approximate surface area is 253 Å². The topological polar surface area (TPSA) is 71.1 Å². The molecule has 7 rings (SSSR count). The summed E-state index contributed by atoms with van der Waals surface area (Å²) in [6.45, 7) is 3.88. The van der Waals surface area contributed by atoms with Gasteiger partial charge in [0.2, 0.25) is 0 Å². The lowest BCUT2D eigenvalue weighted by atomic mass is 9.95. The molecule has 0 bridgehead atoms. The van der Waals surface area contributed by atoms with Crippen LogP contribution in [0.25, 0.3) is 43.1 Å². The molecule has 6 nitrogen and oxygen atoms in total. The van der Waals surface area contributed by atoms with Crippen LogP contribution < -0.4 is 18.9 Å². The Morgan fingerprint density at radius 2 is 0.909 bits per heavy atom. The highest BCUT2D eigenvalue weighted by molar-refractivity contribution is 6.13. The van der Waals surface area contributed by atoms with Gasteiger partial charge in [0.25, 0.3) is 0 Å². The Bertz CT molecular complexity index is 2240. The molecule has 0 unspecified atom stereocenters. The number of fused-ring (bicyclic) bond motifs is 4. The second-order valence-corrected chi connectivity index (χ2v) is 10.6. The molecule has 6 heteroatoms. The van der Waals surface area contributed by atoms with Gasteiger partial charge in [-0.1, -0.05) is 109 Å². The van der Waals surface area contributed by atoms with E-state index in [1.54, 1.807) is 12.1 Å². The van der Waals surface area contributed by atoms with Gasteiger partial charge in [0.1, 0.15) is 11.5 Å². The highest BCUT2D eigenvalue weighted by Gasteiger charge is 2.23. The second-order valence-electron chi connectivity index (χ2n) is 10.6. The van der Waals surface area contributed by atoms with E-state index in [1.807, 2.05) is 123 Å². The SMILES string of the molecule is Cc1cc(C)c2c(OC(=O)Oc3cccc4ccccc34)c3ccccc3c(OC(=O)Oc3cccc4ccccc34)c2c1. The molecule has 0 atom stereocenters. The van der Waals surface area contributed by atoms with Crippen LogP contribution in [-0.2, 0) is 0 Å². The van der Waals surface area contributed by atoms with Crippen LogP contribution in [0, 0.1) is 13.8 Å². The molecule has 0 fully saturated rings. The first-order valence-electron chi connectivity index (χ1n) is 14.2. The Balaban J connectivity index is 1.30. The Morgan fingerprint density at radius 1 is 0.455 bits per heavy atom. The highest BCUT2D eigenvalue weighted by Crippen LogP contribution is 2.45. The molecule has 0 radical (unpaired) electrons. The fourth-order valence-corrected chi connectivity index (χ4v) is 5.78. The van der Waals surface area contributed by atoms with Crippen LogP contribution in [0.3, 0.4) is 0 Å². The van der Waals surface area contributed by atoms with Crippen molar-refractivity contribution in [2.24, 2.45) is 0 Å². The number of hydrogen-bond donors (Lipinski definition) is 0. The zero-order valence-corrected chi connectivity index (χ0v) is 24.0. The fourth-order valence-electron chi connectivity index (χ4n) is 5.78. The largest absolute Gasteiger partial charge is 0.519 e. The number of carbonyl (C=O) groups excluding carboxylic acids is 2. The predicted molar refractivity (Wildman–Crippen MR) is 172 cm³/mol. The number of hydrogen-bond acceptors (Lipinski definition) is 6. The van der Waals surface area contributed by atoms with Crippen molar-refractivity contribution < 1.29 is 28.5 Å². The van der Waals surface area contributed by atoms with E-state index >= 15 is 0 Å². The maximum Gasteiger partial charge on any atom is 0.519 e. The van der Waals surface area contributed by atoms with Gasteiger partial charge in [0.15, 0.2) is 11.5 Å². The van der Waals surface area contributed by atoms with E-state index in [0.717, 1.165) is 32.7 Å². The maximum atomic E-state index is 13.3. The molecule has 7 aromatic carbocycles. The molecule has 0 aliphatic carbocycles. The average Bonchev–Trinajstić information content (AvgIpc) is 3.03. The van der Waals surface area contributed by atoms with Gasteiger partial charge in [-0.2, -0.15) is 0 Å². The first-order chi connectivity index (χ1) is 21.5. The molecular formula is C38H26O6. The van der Waals surface area contributed by atoms with E-state index in [4.69, 9.17) is 18.9 Å². The van der Waals surface area contributed by atoms with Crippen LogP contribution in [0.4, 0.5) is 9.59 Å². The summed E-state index contributed by atoms with van der Waals surface area (Å²) in [7, 11) is 0. The summed E-state index contributed by atoms with van der Waals surface area (Å²) in [5.74, 6) is 1.41. The van der Waals surface area contributed by atoms with Crippen molar-refractivity contribution in [2.75, 3.05) is 0 Å². The molecule has 7 aromatic rings. The first-order valence-corrected chi connectivity index (χ1v) is 14.2. The third-order valence-electron chi connectivity index (χ3n) is 7.62. The van der Waals surface area contributed by atoms with Gasteiger partial charge >= 0.3 is 12.3 Å². The van der Waals surface area contributed by atoms with E-state index in [9.17, 15) is 9.59 Å². The Kier molecular flexibility index (Phi) is 6.79. The lowest BCUT2D eigenvalue weighted by Crippen LogP contribution is -2.16.